The minimum atomic E-state index is 0.968. The van der Waals surface area contributed by atoms with Gasteiger partial charge in [0.15, 0.2) is 0 Å². The van der Waals surface area contributed by atoms with Crippen LogP contribution in [0.5, 0.6) is 0 Å². The molecule has 0 aliphatic carbocycles. The van der Waals surface area contributed by atoms with Crippen LogP contribution in [0.2, 0.25) is 0 Å². The number of rotatable bonds is 1. The molecule has 0 fully saturated rings. The van der Waals surface area contributed by atoms with Crippen molar-refractivity contribution in [1.29, 1.82) is 0 Å². The molecule has 0 N–H and O–H groups in total. The molecule has 0 bridgehead atoms. The summed E-state index contributed by atoms with van der Waals surface area (Å²) in [6.07, 6.45) is 3.74. The predicted molar refractivity (Wildman–Crippen MR) is 92.0 cm³/mol. The van der Waals surface area contributed by atoms with Crippen LogP contribution in [-0.2, 0) is 0 Å². The van der Waals surface area contributed by atoms with Gasteiger partial charge in [-0.05, 0) is 47.9 Å². The second kappa shape index (κ2) is 4.92. The maximum absolute atomic E-state index is 4.67. The van der Waals surface area contributed by atoms with Crippen LogP contribution in [0.15, 0.2) is 60.9 Å². The zero-order chi connectivity index (χ0) is 15.1. The SMILES string of the molecule is Cc1cccc2ccnc(-c3nccc4cccc(C)c34)c12. The van der Waals surface area contributed by atoms with Crippen molar-refractivity contribution in [1.82, 2.24) is 9.97 Å². The average molecular weight is 284 g/mol. The highest BCUT2D eigenvalue weighted by molar-refractivity contribution is 6.04. The number of aromatic nitrogens is 2. The fraction of sp³-hybridized carbons (Fsp3) is 0.100. The zero-order valence-electron chi connectivity index (χ0n) is 12.7. The van der Waals surface area contributed by atoms with Crippen molar-refractivity contribution >= 4 is 21.5 Å². The Morgan fingerprint density at radius 1 is 0.591 bits per heavy atom. The highest BCUT2D eigenvalue weighted by Gasteiger charge is 2.13. The van der Waals surface area contributed by atoms with E-state index in [1.54, 1.807) is 0 Å². The maximum atomic E-state index is 4.67. The van der Waals surface area contributed by atoms with Gasteiger partial charge in [0.25, 0.3) is 0 Å². The van der Waals surface area contributed by atoms with Crippen LogP contribution in [0.1, 0.15) is 11.1 Å². The second-order valence-electron chi connectivity index (χ2n) is 5.67. The molecule has 0 unspecified atom stereocenters. The second-order valence-corrected chi connectivity index (χ2v) is 5.67. The fourth-order valence-electron chi connectivity index (χ4n) is 3.18. The normalized spacial score (nSPS) is 11.2. The molecule has 2 nitrogen and oxygen atoms in total. The Morgan fingerprint density at radius 2 is 1.05 bits per heavy atom. The highest BCUT2D eigenvalue weighted by Crippen LogP contribution is 2.33. The lowest BCUT2D eigenvalue weighted by atomic mass is 9.98. The molecule has 0 saturated carbocycles. The predicted octanol–water partition coefficient (Wildman–Crippen LogP) is 5.07. The summed E-state index contributed by atoms with van der Waals surface area (Å²) in [7, 11) is 0. The molecule has 0 spiro atoms. The summed E-state index contributed by atoms with van der Waals surface area (Å²) in [6.45, 7) is 4.26. The molecule has 2 heteroatoms. The molecular weight excluding hydrogens is 268 g/mol. The maximum Gasteiger partial charge on any atom is 0.0973 e. The van der Waals surface area contributed by atoms with Crippen molar-refractivity contribution in [2.75, 3.05) is 0 Å². The Labute approximate surface area is 129 Å². The molecule has 0 atom stereocenters. The van der Waals surface area contributed by atoms with Crippen LogP contribution < -0.4 is 0 Å². The summed E-state index contributed by atoms with van der Waals surface area (Å²) in [5, 5.41) is 4.79. The molecule has 2 aromatic heterocycles. The van der Waals surface area contributed by atoms with Gasteiger partial charge in [-0.25, -0.2) is 0 Å². The van der Waals surface area contributed by atoms with Gasteiger partial charge in [0.05, 0.1) is 11.4 Å². The molecule has 0 radical (unpaired) electrons. The molecule has 4 aromatic rings. The molecule has 106 valence electrons. The summed E-state index contributed by atoms with van der Waals surface area (Å²) >= 11 is 0. The van der Waals surface area contributed by atoms with Gasteiger partial charge in [-0.15, -0.1) is 0 Å². The van der Waals surface area contributed by atoms with Crippen LogP contribution >= 0.6 is 0 Å². The molecule has 22 heavy (non-hydrogen) atoms. The lowest BCUT2D eigenvalue weighted by Gasteiger charge is -2.11. The molecule has 2 heterocycles. The van der Waals surface area contributed by atoms with E-state index in [-0.39, 0.29) is 0 Å². The van der Waals surface area contributed by atoms with E-state index in [0.717, 1.165) is 11.4 Å². The highest BCUT2D eigenvalue weighted by atomic mass is 14.8. The summed E-state index contributed by atoms with van der Waals surface area (Å²) in [4.78, 5) is 9.33. The van der Waals surface area contributed by atoms with E-state index in [9.17, 15) is 0 Å². The Bertz CT molecular complexity index is 909. The molecular formula is C20H16N2. The Balaban J connectivity index is 2.17. The summed E-state index contributed by atoms with van der Waals surface area (Å²) in [5.41, 5.74) is 4.40. The van der Waals surface area contributed by atoms with Gasteiger partial charge in [-0.2, -0.15) is 0 Å². The standard InChI is InChI=1S/C20H16N2/c1-13-5-3-7-15-9-11-21-19(17(13)15)20-18-14(2)6-4-8-16(18)10-12-22-20/h3-12H,1-2H3. The minimum absolute atomic E-state index is 0.968. The average Bonchev–Trinajstić information content (AvgIpc) is 2.54. The first kappa shape index (κ1) is 13.0. The number of hydrogen-bond donors (Lipinski definition) is 0. The van der Waals surface area contributed by atoms with Gasteiger partial charge in [0.1, 0.15) is 0 Å². The molecule has 4 rings (SSSR count). The fourth-order valence-corrected chi connectivity index (χ4v) is 3.18. The van der Waals surface area contributed by atoms with Crippen molar-refractivity contribution in [2.45, 2.75) is 13.8 Å². The molecule has 0 saturated heterocycles. The van der Waals surface area contributed by atoms with E-state index in [1.165, 1.54) is 32.7 Å². The number of aryl methyl sites for hydroxylation is 2. The van der Waals surface area contributed by atoms with E-state index in [2.05, 4.69) is 72.3 Å². The van der Waals surface area contributed by atoms with Crippen LogP contribution in [0, 0.1) is 13.8 Å². The van der Waals surface area contributed by atoms with E-state index in [0.29, 0.717) is 0 Å². The Morgan fingerprint density at radius 3 is 1.50 bits per heavy atom. The smallest absolute Gasteiger partial charge is 0.0973 e. The first-order valence-corrected chi connectivity index (χ1v) is 7.45. The third-order valence-corrected chi connectivity index (χ3v) is 4.22. The number of nitrogens with zero attached hydrogens (tertiary/aromatic N) is 2. The summed E-state index contributed by atoms with van der Waals surface area (Å²) in [5.74, 6) is 0. The van der Waals surface area contributed by atoms with E-state index < -0.39 is 0 Å². The van der Waals surface area contributed by atoms with Gasteiger partial charge in [0, 0.05) is 23.2 Å². The molecule has 0 aliphatic heterocycles. The number of benzene rings is 2. The van der Waals surface area contributed by atoms with Gasteiger partial charge < -0.3 is 0 Å². The third kappa shape index (κ3) is 1.88. The van der Waals surface area contributed by atoms with Crippen molar-refractivity contribution < 1.29 is 0 Å². The molecule has 2 aromatic carbocycles. The minimum Gasteiger partial charge on any atom is -0.254 e. The van der Waals surface area contributed by atoms with Gasteiger partial charge in [-0.1, -0.05) is 36.4 Å². The van der Waals surface area contributed by atoms with Crippen LogP contribution in [0.3, 0.4) is 0 Å². The van der Waals surface area contributed by atoms with Crippen molar-refractivity contribution in [2.24, 2.45) is 0 Å². The molecule has 0 aliphatic rings. The Hall–Kier alpha value is -2.74. The van der Waals surface area contributed by atoms with Crippen LogP contribution in [0.4, 0.5) is 0 Å². The van der Waals surface area contributed by atoms with Crippen LogP contribution in [-0.4, -0.2) is 9.97 Å². The van der Waals surface area contributed by atoms with E-state index >= 15 is 0 Å². The summed E-state index contributed by atoms with van der Waals surface area (Å²) < 4.78 is 0. The van der Waals surface area contributed by atoms with Crippen molar-refractivity contribution in [3.05, 3.63) is 72.1 Å². The van der Waals surface area contributed by atoms with Gasteiger partial charge in [-0.3, -0.25) is 9.97 Å². The first-order valence-electron chi connectivity index (χ1n) is 7.45. The van der Waals surface area contributed by atoms with Crippen molar-refractivity contribution in [3.63, 3.8) is 0 Å². The third-order valence-electron chi connectivity index (χ3n) is 4.22. The quantitative estimate of drug-likeness (QED) is 0.488. The number of hydrogen-bond acceptors (Lipinski definition) is 2. The topological polar surface area (TPSA) is 25.8 Å². The largest absolute Gasteiger partial charge is 0.254 e. The summed E-state index contributed by atoms with van der Waals surface area (Å²) in [6, 6.07) is 16.8. The lowest BCUT2D eigenvalue weighted by molar-refractivity contribution is 1.27. The first-order chi connectivity index (χ1) is 10.8. The number of pyridine rings is 2. The zero-order valence-corrected chi connectivity index (χ0v) is 12.7. The van der Waals surface area contributed by atoms with Gasteiger partial charge in [0.2, 0.25) is 0 Å². The molecule has 0 amide bonds. The van der Waals surface area contributed by atoms with Gasteiger partial charge >= 0.3 is 0 Å². The monoisotopic (exact) mass is 284 g/mol. The number of fused-ring (bicyclic) bond motifs is 2. The van der Waals surface area contributed by atoms with E-state index in [1.807, 2.05) is 12.4 Å². The van der Waals surface area contributed by atoms with E-state index in [4.69, 9.17) is 0 Å². The van der Waals surface area contributed by atoms with Crippen molar-refractivity contribution in [3.8, 4) is 11.4 Å². The van der Waals surface area contributed by atoms with Crippen LogP contribution in [0.25, 0.3) is 32.9 Å². The lowest BCUT2D eigenvalue weighted by Crippen LogP contribution is -1.93. The Kier molecular flexibility index (Phi) is 2.90.